The minimum absolute atomic E-state index is 0.247. The fourth-order valence-corrected chi connectivity index (χ4v) is 1.89. The van der Waals surface area contributed by atoms with Gasteiger partial charge in [0, 0.05) is 11.0 Å². The third kappa shape index (κ3) is 2.49. The van der Waals surface area contributed by atoms with Crippen LogP contribution in [0.15, 0.2) is 55.1 Å². The van der Waals surface area contributed by atoms with E-state index in [-0.39, 0.29) is 5.28 Å². The Morgan fingerprint density at radius 2 is 2.06 bits per heavy atom. The van der Waals surface area contributed by atoms with Gasteiger partial charge in [-0.3, -0.25) is 0 Å². The Bertz CT molecular complexity index is 642. The van der Waals surface area contributed by atoms with Gasteiger partial charge in [-0.2, -0.15) is 0 Å². The average Bonchev–Trinajstić information content (AvgIpc) is 2.39. The van der Waals surface area contributed by atoms with Gasteiger partial charge in [-0.15, -0.1) is 0 Å². The molecular weight excluding hydrogens is 244 g/mol. The zero-order valence-electron chi connectivity index (χ0n) is 10.1. The lowest BCUT2D eigenvalue weighted by molar-refractivity contribution is 1.20. The molecule has 18 heavy (non-hydrogen) atoms. The summed E-state index contributed by atoms with van der Waals surface area (Å²) in [5.41, 5.74) is 2.56. The van der Waals surface area contributed by atoms with Crippen molar-refractivity contribution in [2.45, 2.75) is 6.92 Å². The predicted molar refractivity (Wildman–Crippen MR) is 77.5 cm³/mol. The van der Waals surface area contributed by atoms with Gasteiger partial charge in [0.15, 0.2) is 0 Å². The van der Waals surface area contributed by atoms with Crippen LogP contribution in [-0.4, -0.2) is 9.97 Å². The highest BCUT2D eigenvalue weighted by Gasteiger charge is 2.08. The molecule has 0 aliphatic carbocycles. The van der Waals surface area contributed by atoms with Crippen LogP contribution in [0.25, 0.3) is 16.5 Å². The Morgan fingerprint density at radius 1 is 1.28 bits per heavy atom. The molecule has 1 aromatic carbocycles. The Labute approximate surface area is 111 Å². The monoisotopic (exact) mass is 256 g/mol. The maximum atomic E-state index is 5.96. The lowest BCUT2D eigenvalue weighted by atomic mass is 10.1. The molecule has 0 saturated carbocycles. The quantitative estimate of drug-likeness (QED) is 0.600. The van der Waals surface area contributed by atoms with E-state index in [1.54, 1.807) is 6.08 Å². The van der Waals surface area contributed by atoms with E-state index in [1.165, 1.54) is 0 Å². The minimum Gasteiger partial charge on any atom is -0.218 e. The van der Waals surface area contributed by atoms with Gasteiger partial charge in [-0.25, -0.2) is 9.97 Å². The van der Waals surface area contributed by atoms with E-state index < -0.39 is 0 Å². The lowest BCUT2D eigenvalue weighted by Crippen LogP contribution is -1.93. The number of halogens is 1. The molecule has 1 heterocycles. The van der Waals surface area contributed by atoms with Crippen LogP contribution in [-0.2, 0) is 0 Å². The van der Waals surface area contributed by atoms with Crippen LogP contribution >= 0.6 is 11.6 Å². The molecule has 2 rings (SSSR count). The first-order valence-electron chi connectivity index (χ1n) is 5.64. The van der Waals surface area contributed by atoms with Crippen molar-refractivity contribution >= 4 is 28.1 Å². The van der Waals surface area contributed by atoms with Gasteiger partial charge in [0.05, 0.1) is 11.2 Å². The Kier molecular flexibility index (Phi) is 3.90. The number of aromatic nitrogens is 2. The van der Waals surface area contributed by atoms with Gasteiger partial charge in [0.2, 0.25) is 5.28 Å². The van der Waals surface area contributed by atoms with Crippen LogP contribution in [0.5, 0.6) is 0 Å². The van der Waals surface area contributed by atoms with Gasteiger partial charge in [-0.1, -0.05) is 49.1 Å². The van der Waals surface area contributed by atoms with E-state index >= 15 is 0 Å². The molecule has 0 spiro atoms. The summed E-state index contributed by atoms with van der Waals surface area (Å²) < 4.78 is 0. The maximum absolute atomic E-state index is 5.96. The number of rotatable bonds is 3. The fourth-order valence-electron chi connectivity index (χ4n) is 1.71. The van der Waals surface area contributed by atoms with Crippen LogP contribution in [0, 0.1) is 0 Å². The van der Waals surface area contributed by atoms with Crippen molar-refractivity contribution in [1.29, 1.82) is 0 Å². The van der Waals surface area contributed by atoms with Crippen molar-refractivity contribution in [1.82, 2.24) is 9.97 Å². The summed E-state index contributed by atoms with van der Waals surface area (Å²) in [5.74, 6) is 0. The van der Waals surface area contributed by atoms with Crippen LogP contribution in [0.2, 0.25) is 5.28 Å². The highest BCUT2D eigenvalue weighted by molar-refractivity contribution is 6.28. The molecule has 0 aliphatic heterocycles. The molecule has 0 N–H and O–H groups in total. The second-order valence-electron chi connectivity index (χ2n) is 3.71. The Balaban J connectivity index is 2.72. The van der Waals surface area contributed by atoms with E-state index in [1.807, 2.05) is 49.4 Å². The highest BCUT2D eigenvalue weighted by atomic mass is 35.5. The zero-order valence-corrected chi connectivity index (χ0v) is 10.9. The molecule has 0 fully saturated rings. The van der Waals surface area contributed by atoms with Gasteiger partial charge < -0.3 is 0 Å². The number of allylic oxidation sites excluding steroid dienone is 5. The van der Waals surface area contributed by atoms with Crippen LogP contribution in [0.1, 0.15) is 12.6 Å². The number of fused-ring (bicyclic) bond motifs is 1. The predicted octanol–water partition coefficient (Wildman–Crippen LogP) is 4.43. The molecule has 3 heteroatoms. The molecule has 1 aromatic heterocycles. The van der Waals surface area contributed by atoms with Crippen molar-refractivity contribution in [3.8, 4) is 0 Å². The van der Waals surface area contributed by atoms with Crippen molar-refractivity contribution in [2.24, 2.45) is 0 Å². The smallest absolute Gasteiger partial charge is 0.218 e. The van der Waals surface area contributed by atoms with Crippen LogP contribution in [0.4, 0.5) is 0 Å². The number of para-hydroxylation sites is 1. The van der Waals surface area contributed by atoms with Gasteiger partial charge >= 0.3 is 0 Å². The van der Waals surface area contributed by atoms with Crippen molar-refractivity contribution in [3.05, 3.63) is 66.1 Å². The van der Waals surface area contributed by atoms with Gasteiger partial charge in [0.1, 0.15) is 0 Å². The largest absolute Gasteiger partial charge is 0.223 e. The first kappa shape index (κ1) is 12.5. The Hall–Kier alpha value is -1.93. The number of nitrogens with zero attached hydrogens (tertiary/aromatic N) is 2. The zero-order chi connectivity index (χ0) is 13.0. The third-order valence-corrected chi connectivity index (χ3v) is 2.71. The molecule has 2 aromatic rings. The molecule has 2 nitrogen and oxygen atoms in total. The molecular formula is C15H13ClN2. The fraction of sp³-hybridized carbons (Fsp3) is 0.0667. The molecule has 0 bridgehead atoms. The third-order valence-electron chi connectivity index (χ3n) is 2.54. The normalized spacial score (nSPS) is 12.2. The molecule has 0 aliphatic rings. The maximum Gasteiger partial charge on any atom is 0.223 e. The number of hydrogen-bond acceptors (Lipinski definition) is 2. The summed E-state index contributed by atoms with van der Waals surface area (Å²) in [6.45, 7) is 5.78. The first-order valence-corrected chi connectivity index (χ1v) is 6.02. The van der Waals surface area contributed by atoms with E-state index in [2.05, 4.69) is 16.5 Å². The van der Waals surface area contributed by atoms with Crippen molar-refractivity contribution in [2.75, 3.05) is 0 Å². The van der Waals surface area contributed by atoms with E-state index in [0.717, 1.165) is 22.2 Å². The second kappa shape index (κ2) is 5.61. The Morgan fingerprint density at radius 3 is 2.78 bits per heavy atom. The SMILES string of the molecule is C=C/C(=C\C=C/C)c1nc(Cl)nc2ccccc12. The van der Waals surface area contributed by atoms with Crippen molar-refractivity contribution in [3.63, 3.8) is 0 Å². The summed E-state index contributed by atoms with van der Waals surface area (Å²) in [7, 11) is 0. The van der Waals surface area contributed by atoms with Crippen molar-refractivity contribution < 1.29 is 0 Å². The van der Waals surface area contributed by atoms with E-state index in [0.29, 0.717) is 0 Å². The van der Waals surface area contributed by atoms with Crippen LogP contribution < -0.4 is 0 Å². The molecule has 0 saturated heterocycles. The number of hydrogen-bond donors (Lipinski definition) is 0. The number of benzene rings is 1. The molecule has 0 amide bonds. The standard InChI is InChI=1S/C15H13ClN2/c1-3-5-8-11(4-2)14-12-9-6-7-10-13(12)17-15(16)18-14/h3-10H,2H2,1H3/b5-3-,11-8+. The van der Waals surface area contributed by atoms with Gasteiger partial charge in [-0.05, 0) is 24.6 Å². The molecule has 0 atom stereocenters. The second-order valence-corrected chi connectivity index (χ2v) is 4.05. The highest BCUT2D eigenvalue weighted by Crippen LogP contribution is 2.24. The average molecular weight is 257 g/mol. The first-order chi connectivity index (χ1) is 8.76. The summed E-state index contributed by atoms with van der Waals surface area (Å²) >= 11 is 5.96. The molecule has 0 radical (unpaired) electrons. The van der Waals surface area contributed by atoms with E-state index in [9.17, 15) is 0 Å². The summed E-state index contributed by atoms with van der Waals surface area (Å²) in [6, 6.07) is 7.79. The summed E-state index contributed by atoms with van der Waals surface area (Å²) in [5, 5.41) is 1.22. The molecule has 0 unspecified atom stereocenters. The summed E-state index contributed by atoms with van der Waals surface area (Å²) in [6.07, 6.45) is 7.62. The summed E-state index contributed by atoms with van der Waals surface area (Å²) in [4.78, 5) is 8.51. The van der Waals surface area contributed by atoms with E-state index in [4.69, 9.17) is 11.6 Å². The lowest BCUT2D eigenvalue weighted by Gasteiger charge is -2.06. The topological polar surface area (TPSA) is 25.8 Å². The van der Waals surface area contributed by atoms with Gasteiger partial charge in [0.25, 0.3) is 0 Å². The van der Waals surface area contributed by atoms with Crippen LogP contribution in [0.3, 0.4) is 0 Å². The molecule has 90 valence electrons. The minimum atomic E-state index is 0.247.